The molecule has 1 aliphatic rings. The summed E-state index contributed by atoms with van der Waals surface area (Å²) in [6, 6.07) is 24.6. The van der Waals surface area contributed by atoms with Crippen molar-refractivity contribution in [1.29, 1.82) is 0 Å². The van der Waals surface area contributed by atoms with Crippen molar-refractivity contribution in [3.63, 3.8) is 0 Å². The topological polar surface area (TPSA) is 76.3 Å². The van der Waals surface area contributed by atoms with Crippen LogP contribution in [0.5, 0.6) is 11.5 Å². The van der Waals surface area contributed by atoms with Gasteiger partial charge >= 0.3 is 5.97 Å². The van der Waals surface area contributed by atoms with E-state index in [2.05, 4.69) is 72.1 Å². The molecule has 1 unspecified atom stereocenters. The Morgan fingerprint density at radius 3 is 2.32 bits per heavy atom. The van der Waals surface area contributed by atoms with Gasteiger partial charge in [0.1, 0.15) is 23.2 Å². The highest BCUT2D eigenvalue weighted by molar-refractivity contribution is 5.80. The average molecular weight is 548 g/mol. The van der Waals surface area contributed by atoms with E-state index >= 15 is 0 Å². The van der Waals surface area contributed by atoms with Gasteiger partial charge in [0.2, 0.25) is 0 Å². The molecule has 0 amide bonds. The smallest absolute Gasteiger partial charge is 0.320 e. The zero-order valence-electron chi connectivity index (χ0n) is 23.5. The first-order chi connectivity index (χ1) is 20.0. The summed E-state index contributed by atoms with van der Waals surface area (Å²) in [7, 11) is 3.26. The maximum absolute atomic E-state index is 11.7. The molecule has 1 aliphatic heterocycles. The van der Waals surface area contributed by atoms with Crippen molar-refractivity contribution in [3.05, 3.63) is 96.3 Å². The molecule has 1 N–H and O–H groups in total. The molecule has 1 saturated heterocycles. The van der Waals surface area contributed by atoms with Crippen molar-refractivity contribution in [2.75, 3.05) is 20.8 Å². The fourth-order valence-electron chi connectivity index (χ4n) is 6.03. The molecule has 7 nitrogen and oxygen atoms in total. The zero-order valence-corrected chi connectivity index (χ0v) is 23.5. The summed E-state index contributed by atoms with van der Waals surface area (Å²) in [5.41, 5.74) is 9.42. The molecule has 41 heavy (non-hydrogen) atoms. The summed E-state index contributed by atoms with van der Waals surface area (Å²) in [5.74, 6) is 0.537. The lowest BCUT2D eigenvalue weighted by Gasteiger charge is -2.24. The van der Waals surface area contributed by atoms with Crippen LogP contribution in [0.2, 0.25) is 0 Å². The number of carbonyl (C=O) groups is 1. The van der Waals surface area contributed by atoms with E-state index in [1.54, 1.807) is 14.2 Å². The van der Waals surface area contributed by atoms with E-state index in [0.29, 0.717) is 24.5 Å². The Morgan fingerprint density at radius 2 is 1.63 bits per heavy atom. The van der Waals surface area contributed by atoms with Crippen molar-refractivity contribution in [1.82, 2.24) is 14.3 Å². The number of carboxylic acids is 1. The Bertz CT molecular complexity index is 1700. The Hall–Kier alpha value is -4.62. The average Bonchev–Trinajstić information content (AvgIpc) is 3.65. The summed E-state index contributed by atoms with van der Waals surface area (Å²) in [6.45, 7) is 3.34. The number of carboxylic acid groups (broad SMARTS) is 1. The SMILES string of the molecule is COc1cc(-c2cnc3cc(-c4cccc(-c5ccccc5)c4C)ccn23)cc(OC)c1CN1CCCC1C(=O)O. The summed E-state index contributed by atoms with van der Waals surface area (Å²) in [5, 5.41) is 9.64. The number of methoxy groups -OCH3 is 2. The minimum Gasteiger partial charge on any atom is -0.496 e. The summed E-state index contributed by atoms with van der Waals surface area (Å²) in [4.78, 5) is 18.5. The maximum Gasteiger partial charge on any atom is 0.320 e. The van der Waals surface area contributed by atoms with E-state index in [1.165, 1.54) is 22.3 Å². The Morgan fingerprint density at radius 1 is 0.927 bits per heavy atom. The van der Waals surface area contributed by atoms with Crippen LogP contribution < -0.4 is 9.47 Å². The molecule has 5 aromatic rings. The minimum atomic E-state index is -0.788. The van der Waals surface area contributed by atoms with Crippen LogP contribution in [0.1, 0.15) is 24.0 Å². The van der Waals surface area contributed by atoms with Crippen LogP contribution in [0.3, 0.4) is 0 Å². The Balaban J connectivity index is 1.36. The van der Waals surface area contributed by atoms with Crippen molar-refractivity contribution in [3.8, 4) is 45.0 Å². The quantitative estimate of drug-likeness (QED) is 0.233. The Labute approximate surface area is 239 Å². The van der Waals surface area contributed by atoms with Gasteiger partial charge in [0.05, 0.1) is 31.7 Å². The second kappa shape index (κ2) is 11.1. The maximum atomic E-state index is 11.7. The zero-order chi connectivity index (χ0) is 28.5. The first-order valence-corrected chi connectivity index (χ1v) is 13.8. The molecule has 0 aliphatic carbocycles. The molecule has 6 rings (SSSR count). The van der Waals surface area contributed by atoms with Crippen molar-refractivity contribution >= 4 is 11.6 Å². The first kappa shape index (κ1) is 26.6. The number of imidazole rings is 1. The van der Waals surface area contributed by atoms with Crippen molar-refractivity contribution in [2.24, 2.45) is 0 Å². The van der Waals surface area contributed by atoms with Gasteiger partial charge in [-0.3, -0.25) is 14.1 Å². The molecular formula is C34H33N3O4. The number of hydrogen-bond donors (Lipinski definition) is 1. The highest BCUT2D eigenvalue weighted by Gasteiger charge is 2.32. The standard InChI is InChI=1S/C34H33N3O4/c1-22-26(23-9-5-4-6-10-23)11-7-12-27(22)24-14-16-37-30(20-35-33(37)19-24)25-17-31(40-2)28(32(18-25)41-3)21-36-15-8-13-29(36)34(38)39/h4-7,9-12,14,16-20,29H,8,13,15,21H2,1-3H3,(H,38,39). The number of pyridine rings is 1. The third-order valence-corrected chi connectivity index (χ3v) is 8.16. The van der Waals surface area contributed by atoms with E-state index < -0.39 is 12.0 Å². The molecule has 7 heteroatoms. The largest absolute Gasteiger partial charge is 0.496 e. The van der Waals surface area contributed by atoms with Gasteiger partial charge in [-0.1, -0.05) is 48.5 Å². The molecule has 3 aromatic carbocycles. The molecule has 3 heterocycles. The van der Waals surface area contributed by atoms with Crippen LogP contribution in [-0.2, 0) is 11.3 Å². The number of rotatable bonds is 8. The monoisotopic (exact) mass is 547 g/mol. The molecule has 0 radical (unpaired) electrons. The predicted octanol–water partition coefficient (Wildman–Crippen LogP) is 6.71. The summed E-state index contributed by atoms with van der Waals surface area (Å²) in [6.07, 6.45) is 5.43. The van der Waals surface area contributed by atoms with E-state index in [4.69, 9.17) is 14.5 Å². The van der Waals surface area contributed by atoms with Gasteiger partial charge in [-0.25, -0.2) is 4.98 Å². The summed E-state index contributed by atoms with van der Waals surface area (Å²) < 4.78 is 13.7. The number of aromatic nitrogens is 2. The number of fused-ring (bicyclic) bond motifs is 1. The Kier molecular flexibility index (Phi) is 7.20. The third kappa shape index (κ3) is 4.93. The van der Waals surface area contributed by atoms with Crippen LogP contribution >= 0.6 is 0 Å². The van der Waals surface area contributed by atoms with Crippen LogP contribution in [0, 0.1) is 6.92 Å². The fourth-order valence-corrected chi connectivity index (χ4v) is 6.03. The van der Waals surface area contributed by atoms with Gasteiger partial charge < -0.3 is 14.6 Å². The lowest BCUT2D eigenvalue weighted by atomic mass is 9.93. The number of aliphatic carboxylic acids is 1. The molecule has 0 spiro atoms. The molecule has 1 atom stereocenters. The van der Waals surface area contributed by atoms with Gasteiger partial charge in [-0.05, 0) is 78.4 Å². The number of hydrogen-bond acceptors (Lipinski definition) is 5. The van der Waals surface area contributed by atoms with Gasteiger partial charge in [0, 0.05) is 18.3 Å². The molecule has 0 saturated carbocycles. The van der Waals surface area contributed by atoms with Crippen molar-refractivity contribution < 1.29 is 19.4 Å². The van der Waals surface area contributed by atoms with E-state index in [1.807, 2.05) is 29.3 Å². The lowest BCUT2D eigenvalue weighted by Crippen LogP contribution is -2.35. The van der Waals surface area contributed by atoms with E-state index in [-0.39, 0.29) is 0 Å². The lowest BCUT2D eigenvalue weighted by molar-refractivity contribution is -0.142. The van der Waals surface area contributed by atoms with Gasteiger partial charge in [-0.15, -0.1) is 0 Å². The van der Waals surface area contributed by atoms with Gasteiger partial charge in [0.25, 0.3) is 0 Å². The number of likely N-dealkylation sites (tertiary alicyclic amines) is 1. The predicted molar refractivity (Wildman–Crippen MR) is 160 cm³/mol. The van der Waals surface area contributed by atoms with Crippen LogP contribution in [-0.4, -0.2) is 52.2 Å². The molecule has 1 fully saturated rings. The number of ether oxygens (including phenoxy) is 2. The number of benzene rings is 3. The highest BCUT2D eigenvalue weighted by Crippen LogP contribution is 2.38. The van der Waals surface area contributed by atoms with E-state index in [0.717, 1.165) is 41.0 Å². The minimum absolute atomic E-state index is 0.446. The number of nitrogens with zero attached hydrogens (tertiary/aromatic N) is 3. The second-order valence-electron chi connectivity index (χ2n) is 10.5. The fraction of sp³-hybridized carbons (Fsp3) is 0.235. The van der Waals surface area contributed by atoms with Crippen LogP contribution in [0.15, 0.2) is 85.2 Å². The van der Waals surface area contributed by atoms with Crippen LogP contribution in [0.4, 0.5) is 0 Å². The molecular weight excluding hydrogens is 514 g/mol. The molecule has 2 aromatic heterocycles. The highest BCUT2D eigenvalue weighted by atomic mass is 16.5. The third-order valence-electron chi connectivity index (χ3n) is 8.16. The normalized spacial score (nSPS) is 15.3. The summed E-state index contributed by atoms with van der Waals surface area (Å²) >= 11 is 0. The van der Waals surface area contributed by atoms with Crippen LogP contribution in [0.25, 0.3) is 39.2 Å². The van der Waals surface area contributed by atoms with E-state index in [9.17, 15) is 9.90 Å². The second-order valence-corrected chi connectivity index (χ2v) is 10.5. The molecule has 0 bridgehead atoms. The molecule has 208 valence electrons. The van der Waals surface area contributed by atoms with Gasteiger partial charge in [-0.2, -0.15) is 0 Å². The first-order valence-electron chi connectivity index (χ1n) is 13.8. The van der Waals surface area contributed by atoms with Gasteiger partial charge in [0.15, 0.2) is 0 Å². The van der Waals surface area contributed by atoms with Crippen molar-refractivity contribution in [2.45, 2.75) is 32.4 Å².